The zero-order valence-electron chi connectivity index (χ0n) is 15.6. The molecule has 0 radical (unpaired) electrons. The third-order valence-electron chi connectivity index (χ3n) is 5.28. The first-order valence-electron chi connectivity index (χ1n) is 9.45. The van der Waals surface area contributed by atoms with Crippen LogP contribution in [0.4, 0.5) is 0 Å². The van der Waals surface area contributed by atoms with Crippen LogP contribution in [0, 0.1) is 0 Å². The Kier molecular flexibility index (Phi) is 5.12. The van der Waals surface area contributed by atoms with Crippen molar-refractivity contribution in [2.45, 2.75) is 6.42 Å². The molecule has 0 unspecified atom stereocenters. The maximum atomic E-state index is 12.9. The molecule has 0 aliphatic carbocycles. The van der Waals surface area contributed by atoms with Crippen molar-refractivity contribution in [1.29, 1.82) is 0 Å². The van der Waals surface area contributed by atoms with Crippen LogP contribution >= 0.6 is 0 Å². The first-order valence-corrected chi connectivity index (χ1v) is 9.45. The average Bonchev–Trinajstić information content (AvgIpc) is 3.16. The molecule has 5 nitrogen and oxygen atoms in total. The Labute approximate surface area is 159 Å². The number of hydrogen-bond donors (Lipinski definition) is 1. The molecule has 0 saturated carbocycles. The van der Waals surface area contributed by atoms with E-state index in [-0.39, 0.29) is 5.91 Å². The van der Waals surface area contributed by atoms with Gasteiger partial charge in [-0.3, -0.25) is 9.69 Å². The summed E-state index contributed by atoms with van der Waals surface area (Å²) in [6.45, 7) is 4.43. The summed E-state index contributed by atoms with van der Waals surface area (Å²) in [5.74, 6) is 0.864. The number of H-pyrrole nitrogens is 1. The number of ether oxygens (including phenoxy) is 1. The molecule has 4 rings (SSSR count). The normalized spacial score (nSPS) is 15.2. The van der Waals surface area contributed by atoms with Gasteiger partial charge < -0.3 is 14.6 Å². The molecule has 2 aromatic carbocycles. The predicted octanol–water partition coefficient (Wildman–Crippen LogP) is 3.18. The van der Waals surface area contributed by atoms with E-state index in [9.17, 15) is 4.79 Å². The number of aromatic nitrogens is 1. The van der Waals surface area contributed by atoms with E-state index in [0.717, 1.165) is 55.8 Å². The van der Waals surface area contributed by atoms with E-state index < -0.39 is 0 Å². The summed E-state index contributed by atoms with van der Waals surface area (Å²) >= 11 is 0. The van der Waals surface area contributed by atoms with Crippen molar-refractivity contribution in [3.8, 4) is 5.75 Å². The van der Waals surface area contributed by atoms with Crippen molar-refractivity contribution in [2.75, 3.05) is 39.8 Å². The Morgan fingerprint density at radius 2 is 1.81 bits per heavy atom. The number of methoxy groups -OCH3 is 1. The molecule has 1 aromatic heterocycles. The lowest BCUT2D eigenvalue weighted by Gasteiger charge is -2.34. The van der Waals surface area contributed by atoms with Crippen LogP contribution in [-0.4, -0.2) is 60.5 Å². The van der Waals surface area contributed by atoms with Crippen molar-refractivity contribution < 1.29 is 9.53 Å². The highest BCUT2D eigenvalue weighted by Crippen LogP contribution is 2.22. The molecule has 3 aromatic rings. The van der Waals surface area contributed by atoms with E-state index in [0.29, 0.717) is 5.69 Å². The first kappa shape index (κ1) is 17.6. The van der Waals surface area contributed by atoms with E-state index in [1.807, 2.05) is 35.2 Å². The van der Waals surface area contributed by atoms with E-state index in [4.69, 9.17) is 4.74 Å². The maximum Gasteiger partial charge on any atom is 0.270 e. The van der Waals surface area contributed by atoms with E-state index in [1.165, 1.54) is 5.56 Å². The van der Waals surface area contributed by atoms with Gasteiger partial charge in [0, 0.05) is 49.7 Å². The van der Waals surface area contributed by atoms with Gasteiger partial charge in [-0.2, -0.15) is 0 Å². The summed E-state index contributed by atoms with van der Waals surface area (Å²) in [7, 11) is 1.65. The molecule has 1 aliphatic heterocycles. The summed E-state index contributed by atoms with van der Waals surface area (Å²) < 4.78 is 5.25. The quantitative estimate of drug-likeness (QED) is 0.757. The Balaban J connectivity index is 1.34. The number of fused-ring (bicyclic) bond motifs is 1. The van der Waals surface area contributed by atoms with E-state index >= 15 is 0 Å². The van der Waals surface area contributed by atoms with E-state index in [2.05, 4.69) is 34.1 Å². The SMILES string of the molecule is COc1ccc2cc(C(=O)N3CCN(CCc4ccccc4)CC3)[nH]c2c1. The van der Waals surface area contributed by atoms with Crippen molar-refractivity contribution in [3.63, 3.8) is 0 Å². The van der Waals surface area contributed by atoms with Gasteiger partial charge >= 0.3 is 0 Å². The summed E-state index contributed by atoms with van der Waals surface area (Å²) in [5, 5.41) is 1.03. The number of carbonyl (C=O) groups is 1. The molecule has 1 amide bonds. The first-order chi connectivity index (χ1) is 13.2. The lowest BCUT2D eigenvalue weighted by atomic mass is 10.1. The number of nitrogens with one attached hydrogen (secondary N) is 1. The standard InChI is InChI=1S/C22H25N3O2/c1-27-19-8-7-18-15-21(23-20(18)16-19)22(26)25-13-11-24(12-14-25)10-9-17-5-3-2-4-6-17/h2-8,15-16,23H,9-14H2,1H3. The largest absolute Gasteiger partial charge is 0.497 e. The van der Waals surface area contributed by atoms with Crippen LogP contribution in [0.5, 0.6) is 5.75 Å². The Hall–Kier alpha value is -2.79. The predicted molar refractivity (Wildman–Crippen MR) is 107 cm³/mol. The second kappa shape index (κ2) is 7.84. The molecule has 1 aliphatic rings. The fourth-order valence-electron chi connectivity index (χ4n) is 3.63. The van der Waals surface area contributed by atoms with Crippen molar-refractivity contribution in [1.82, 2.24) is 14.8 Å². The second-order valence-electron chi connectivity index (χ2n) is 7.01. The average molecular weight is 363 g/mol. The highest BCUT2D eigenvalue weighted by atomic mass is 16.5. The van der Waals surface area contributed by atoms with Gasteiger partial charge in [0.1, 0.15) is 11.4 Å². The number of amides is 1. The monoisotopic (exact) mass is 363 g/mol. The van der Waals surface area contributed by atoms with Crippen LogP contribution in [0.1, 0.15) is 16.1 Å². The molecule has 0 atom stereocenters. The van der Waals surface area contributed by atoms with Gasteiger partial charge in [-0.25, -0.2) is 0 Å². The van der Waals surface area contributed by atoms with E-state index in [1.54, 1.807) is 7.11 Å². The molecule has 5 heteroatoms. The molecule has 1 N–H and O–H groups in total. The molecule has 1 saturated heterocycles. The third kappa shape index (κ3) is 3.98. The molecule has 27 heavy (non-hydrogen) atoms. The molecular weight excluding hydrogens is 338 g/mol. The molecular formula is C22H25N3O2. The summed E-state index contributed by atoms with van der Waals surface area (Å²) in [6, 6.07) is 18.3. The minimum absolute atomic E-state index is 0.0767. The van der Waals surface area contributed by atoms with Gasteiger partial charge in [-0.15, -0.1) is 0 Å². The maximum absolute atomic E-state index is 12.9. The highest BCUT2D eigenvalue weighted by Gasteiger charge is 2.23. The summed E-state index contributed by atoms with van der Waals surface area (Å²) in [5.41, 5.74) is 2.94. The molecule has 1 fully saturated rings. The fraction of sp³-hybridized carbons (Fsp3) is 0.318. The minimum Gasteiger partial charge on any atom is -0.497 e. The fourth-order valence-corrected chi connectivity index (χ4v) is 3.63. The van der Waals surface area contributed by atoms with Gasteiger partial charge in [-0.05, 0) is 30.2 Å². The zero-order chi connectivity index (χ0) is 18.6. The van der Waals surface area contributed by atoms with Crippen molar-refractivity contribution >= 4 is 16.8 Å². The third-order valence-corrected chi connectivity index (χ3v) is 5.28. The van der Waals surface area contributed by atoms with Crippen LogP contribution in [0.3, 0.4) is 0 Å². The van der Waals surface area contributed by atoms with Gasteiger partial charge in [0.15, 0.2) is 0 Å². The second-order valence-corrected chi connectivity index (χ2v) is 7.01. The number of carbonyl (C=O) groups excluding carboxylic acids is 1. The number of piperazine rings is 1. The zero-order valence-corrected chi connectivity index (χ0v) is 15.6. The van der Waals surface area contributed by atoms with Crippen LogP contribution in [-0.2, 0) is 6.42 Å². The topological polar surface area (TPSA) is 48.6 Å². The van der Waals surface area contributed by atoms with Crippen molar-refractivity contribution in [2.24, 2.45) is 0 Å². The number of benzene rings is 2. The van der Waals surface area contributed by atoms with Crippen molar-refractivity contribution in [3.05, 3.63) is 65.9 Å². The number of hydrogen-bond acceptors (Lipinski definition) is 3. The Bertz CT molecular complexity index is 912. The Morgan fingerprint density at radius 1 is 1.04 bits per heavy atom. The number of rotatable bonds is 5. The Morgan fingerprint density at radius 3 is 2.56 bits per heavy atom. The lowest BCUT2D eigenvalue weighted by molar-refractivity contribution is 0.0633. The number of nitrogens with zero attached hydrogens (tertiary/aromatic N) is 2. The molecule has 2 heterocycles. The van der Waals surface area contributed by atoms with Crippen LogP contribution in [0.15, 0.2) is 54.6 Å². The van der Waals surface area contributed by atoms with Crippen LogP contribution in [0.2, 0.25) is 0 Å². The van der Waals surface area contributed by atoms with Gasteiger partial charge in [0.25, 0.3) is 5.91 Å². The smallest absolute Gasteiger partial charge is 0.270 e. The van der Waals surface area contributed by atoms with Crippen LogP contribution < -0.4 is 4.74 Å². The highest BCUT2D eigenvalue weighted by molar-refractivity contribution is 5.98. The van der Waals surface area contributed by atoms with Gasteiger partial charge in [0.2, 0.25) is 0 Å². The lowest BCUT2D eigenvalue weighted by Crippen LogP contribution is -2.49. The minimum atomic E-state index is 0.0767. The number of aromatic amines is 1. The summed E-state index contributed by atoms with van der Waals surface area (Å²) in [4.78, 5) is 20.5. The van der Waals surface area contributed by atoms with Crippen LogP contribution in [0.25, 0.3) is 10.9 Å². The van der Waals surface area contributed by atoms with Gasteiger partial charge in [0.05, 0.1) is 7.11 Å². The molecule has 0 bridgehead atoms. The molecule has 0 spiro atoms. The van der Waals surface area contributed by atoms with Gasteiger partial charge in [-0.1, -0.05) is 30.3 Å². The molecule has 140 valence electrons. The summed E-state index contributed by atoms with van der Waals surface area (Å²) in [6.07, 6.45) is 1.05.